The van der Waals surface area contributed by atoms with Crippen LogP contribution in [-0.2, 0) is 0 Å². The van der Waals surface area contributed by atoms with E-state index >= 15 is 0 Å². The zero-order valence-electron chi connectivity index (χ0n) is 10.8. The monoisotopic (exact) mass is 281 g/mol. The van der Waals surface area contributed by atoms with Crippen molar-refractivity contribution in [2.75, 3.05) is 25.4 Å². The van der Waals surface area contributed by atoms with Gasteiger partial charge in [0.25, 0.3) is 5.91 Å². The van der Waals surface area contributed by atoms with Crippen LogP contribution < -0.4 is 5.32 Å². The number of thioether (sulfide) groups is 1. The van der Waals surface area contributed by atoms with E-state index in [2.05, 4.69) is 5.32 Å². The summed E-state index contributed by atoms with van der Waals surface area (Å²) >= 11 is 1.87. The molecule has 3 rings (SSSR count). The average Bonchev–Trinajstić information content (AvgIpc) is 2.82. The number of nitrogens with two attached hydrogens (primary N) is 1. The summed E-state index contributed by atoms with van der Waals surface area (Å²) in [5, 5.41) is 2.29. The van der Waals surface area contributed by atoms with Gasteiger partial charge < -0.3 is 10.2 Å². The Morgan fingerprint density at radius 2 is 2.05 bits per heavy atom. The zero-order chi connectivity index (χ0) is 13.3. The minimum absolute atomic E-state index is 0.0892. The quantitative estimate of drug-likeness (QED) is 0.836. The molecule has 2 heterocycles. The highest BCUT2D eigenvalue weighted by Gasteiger charge is 2.46. The van der Waals surface area contributed by atoms with E-state index < -0.39 is 5.82 Å². The number of hydrogen-bond donors (Lipinski definition) is 1. The predicted octanol–water partition coefficient (Wildman–Crippen LogP) is 1.07. The second-order valence-corrected chi connectivity index (χ2v) is 6.55. The minimum Gasteiger partial charge on any atom is -0.346 e. The molecule has 19 heavy (non-hydrogen) atoms. The molecule has 5 heteroatoms. The lowest BCUT2D eigenvalue weighted by molar-refractivity contribution is -0.664. The highest BCUT2D eigenvalue weighted by atomic mass is 32.2. The Kier molecular flexibility index (Phi) is 3.50. The highest BCUT2D eigenvalue weighted by molar-refractivity contribution is 8.00. The van der Waals surface area contributed by atoms with Crippen molar-refractivity contribution in [3.8, 4) is 0 Å². The third kappa shape index (κ3) is 2.25. The van der Waals surface area contributed by atoms with Crippen LogP contribution in [0.25, 0.3) is 0 Å². The molecule has 3 nitrogen and oxygen atoms in total. The molecular formula is C14H18FN2OS+. The largest absolute Gasteiger partial charge is 0.346 e. The number of carbonyl (C=O) groups excluding carboxylic acids is 1. The number of nitrogens with zero attached hydrogens (tertiary/aromatic N) is 1. The van der Waals surface area contributed by atoms with Crippen LogP contribution in [0.5, 0.6) is 0 Å². The van der Waals surface area contributed by atoms with Crippen molar-refractivity contribution in [2.24, 2.45) is 0 Å². The van der Waals surface area contributed by atoms with Gasteiger partial charge in [0.2, 0.25) is 0 Å². The molecule has 0 atom stereocenters. The van der Waals surface area contributed by atoms with Gasteiger partial charge in [-0.25, -0.2) is 4.39 Å². The van der Waals surface area contributed by atoms with E-state index in [9.17, 15) is 9.18 Å². The summed E-state index contributed by atoms with van der Waals surface area (Å²) in [7, 11) is 0. The second kappa shape index (κ2) is 5.13. The van der Waals surface area contributed by atoms with Gasteiger partial charge in [0.1, 0.15) is 5.82 Å². The van der Waals surface area contributed by atoms with Crippen LogP contribution in [0.4, 0.5) is 4.39 Å². The fraction of sp³-hybridized carbons (Fsp3) is 0.500. The molecule has 1 aromatic carbocycles. The van der Waals surface area contributed by atoms with Crippen LogP contribution in [0.3, 0.4) is 0 Å². The summed E-state index contributed by atoms with van der Waals surface area (Å²) in [5.41, 5.74) is 0.207. The lowest BCUT2D eigenvalue weighted by Crippen LogP contribution is -2.88. The van der Waals surface area contributed by atoms with Crippen LogP contribution in [0.15, 0.2) is 24.3 Å². The molecule has 2 saturated heterocycles. The first-order chi connectivity index (χ1) is 9.23. The number of piperidine rings is 1. The van der Waals surface area contributed by atoms with E-state index in [1.165, 1.54) is 6.07 Å². The van der Waals surface area contributed by atoms with Crippen LogP contribution in [0, 0.1) is 5.82 Å². The van der Waals surface area contributed by atoms with E-state index in [-0.39, 0.29) is 16.3 Å². The molecule has 2 N–H and O–H groups in total. The standard InChI is InChI=1S/C14H17FN2OS/c15-12-4-2-1-3-11(12)13(18)17-9-10-19-14(17)5-7-16-8-6-14/h1-4,16H,5-10H2/p+1. The van der Waals surface area contributed by atoms with E-state index in [1.807, 2.05) is 16.7 Å². The molecule has 2 aliphatic heterocycles. The van der Waals surface area contributed by atoms with Gasteiger partial charge in [-0.05, 0) is 12.1 Å². The van der Waals surface area contributed by atoms with Crippen LogP contribution >= 0.6 is 11.8 Å². The van der Waals surface area contributed by atoms with Crippen LogP contribution in [0.1, 0.15) is 23.2 Å². The van der Waals surface area contributed by atoms with Gasteiger partial charge in [-0.1, -0.05) is 12.1 Å². The number of halogens is 1. The summed E-state index contributed by atoms with van der Waals surface area (Å²) in [6, 6.07) is 6.29. The third-order valence-corrected chi connectivity index (χ3v) is 5.56. The Labute approximate surface area is 116 Å². The number of hydrogen-bond acceptors (Lipinski definition) is 2. The number of carbonyl (C=O) groups is 1. The summed E-state index contributed by atoms with van der Waals surface area (Å²) in [6.45, 7) is 2.83. The number of benzene rings is 1. The Morgan fingerprint density at radius 1 is 1.32 bits per heavy atom. The molecule has 2 fully saturated rings. The molecule has 0 aromatic heterocycles. The zero-order valence-corrected chi connectivity index (χ0v) is 11.6. The molecule has 102 valence electrons. The molecule has 1 amide bonds. The van der Waals surface area contributed by atoms with Crippen molar-refractivity contribution in [3.05, 3.63) is 35.6 Å². The Balaban J connectivity index is 1.88. The van der Waals surface area contributed by atoms with Gasteiger partial charge in [-0.15, -0.1) is 11.8 Å². The topological polar surface area (TPSA) is 36.9 Å². The van der Waals surface area contributed by atoms with Crippen LogP contribution in [-0.4, -0.2) is 41.1 Å². The molecule has 1 aromatic rings. The summed E-state index contributed by atoms with van der Waals surface area (Å²) in [5.74, 6) is 0.395. The van der Waals surface area contributed by atoms with Gasteiger partial charge in [0.15, 0.2) is 0 Å². The van der Waals surface area contributed by atoms with E-state index in [0.29, 0.717) is 0 Å². The Morgan fingerprint density at radius 3 is 2.79 bits per heavy atom. The lowest BCUT2D eigenvalue weighted by Gasteiger charge is -2.39. The molecule has 0 aliphatic carbocycles. The van der Waals surface area contributed by atoms with E-state index in [4.69, 9.17) is 0 Å². The first-order valence-electron chi connectivity index (χ1n) is 6.75. The lowest BCUT2D eigenvalue weighted by atomic mass is 10.0. The molecule has 1 spiro atoms. The summed E-state index contributed by atoms with van der Waals surface area (Å²) < 4.78 is 13.8. The maximum absolute atomic E-state index is 13.8. The molecule has 0 saturated carbocycles. The smallest absolute Gasteiger partial charge is 0.257 e. The van der Waals surface area contributed by atoms with E-state index in [0.717, 1.165) is 38.2 Å². The maximum Gasteiger partial charge on any atom is 0.257 e. The molecule has 0 radical (unpaired) electrons. The van der Waals surface area contributed by atoms with Gasteiger partial charge in [0, 0.05) is 25.1 Å². The Bertz CT molecular complexity index is 488. The van der Waals surface area contributed by atoms with Crippen molar-refractivity contribution in [1.82, 2.24) is 4.90 Å². The minimum atomic E-state index is -0.415. The third-order valence-electron chi connectivity index (χ3n) is 4.01. The predicted molar refractivity (Wildman–Crippen MR) is 73.5 cm³/mol. The van der Waals surface area contributed by atoms with Crippen molar-refractivity contribution >= 4 is 17.7 Å². The SMILES string of the molecule is O=C(c1ccccc1F)N1CCSC12CC[NH2+]CC2. The first-order valence-corrected chi connectivity index (χ1v) is 7.74. The average molecular weight is 281 g/mol. The second-order valence-electron chi connectivity index (χ2n) is 5.10. The normalized spacial score (nSPS) is 21.8. The Hall–Kier alpha value is -1.07. The van der Waals surface area contributed by atoms with E-state index in [1.54, 1.807) is 18.2 Å². The summed E-state index contributed by atoms with van der Waals surface area (Å²) in [4.78, 5) is 14.4. The first kappa shape index (κ1) is 12.9. The maximum atomic E-state index is 13.8. The summed E-state index contributed by atoms with van der Waals surface area (Å²) in [6.07, 6.45) is 2.00. The number of rotatable bonds is 1. The van der Waals surface area contributed by atoms with Crippen molar-refractivity contribution in [3.63, 3.8) is 0 Å². The molecule has 0 bridgehead atoms. The van der Waals surface area contributed by atoms with Gasteiger partial charge >= 0.3 is 0 Å². The number of amides is 1. The van der Waals surface area contributed by atoms with Gasteiger partial charge in [0.05, 0.1) is 23.5 Å². The van der Waals surface area contributed by atoms with Crippen LogP contribution in [0.2, 0.25) is 0 Å². The molecule has 0 unspecified atom stereocenters. The van der Waals surface area contributed by atoms with Gasteiger partial charge in [-0.3, -0.25) is 4.79 Å². The van der Waals surface area contributed by atoms with Crippen molar-refractivity contribution in [2.45, 2.75) is 17.7 Å². The van der Waals surface area contributed by atoms with Crippen molar-refractivity contribution < 1.29 is 14.5 Å². The molecular weight excluding hydrogens is 263 g/mol. The number of quaternary nitrogens is 1. The fourth-order valence-corrected chi connectivity index (χ4v) is 4.52. The highest BCUT2D eigenvalue weighted by Crippen LogP contribution is 2.42. The van der Waals surface area contributed by atoms with Gasteiger partial charge in [-0.2, -0.15) is 0 Å². The fourth-order valence-electron chi connectivity index (χ4n) is 3.01. The van der Waals surface area contributed by atoms with Crippen molar-refractivity contribution in [1.29, 1.82) is 0 Å². The molecule has 2 aliphatic rings.